The summed E-state index contributed by atoms with van der Waals surface area (Å²) in [4.78, 5) is 149. The van der Waals surface area contributed by atoms with Crippen molar-refractivity contribution in [3.05, 3.63) is 0 Å². The summed E-state index contributed by atoms with van der Waals surface area (Å²) in [5.41, 5.74) is 5.69. The lowest BCUT2D eigenvalue weighted by Gasteiger charge is -2.34. The van der Waals surface area contributed by atoms with E-state index in [-0.39, 0.29) is 108 Å². The Morgan fingerprint density at radius 3 is 1.82 bits per heavy atom. The Bertz CT molecular complexity index is 2020. The summed E-state index contributed by atoms with van der Waals surface area (Å²) in [6.07, 6.45) is 2.06. The molecule has 0 spiro atoms. The van der Waals surface area contributed by atoms with Crippen LogP contribution in [0.3, 0.4) is 0 Å². The highest BCUT2D eigenvalue weighted by molar-refractivity contribution is 8.00. The first kappa shape index (κ1) is 63.7. The molecule has 0 aromatic heterocycles. The number of nitrogens with one attached hydrogen (secondary N) is 5. The van der Waals surface area contributed by atoms with Crippen molar-refractivity contribution in [2.45, 2.75) is 120 Å². The van der Waals surface area contributed by atoms with Gasteiger partial charge in [0.05, 0.1) is 44.9 Å². The fraction of sp³-hybridized carbons (Fsp3) is 0.776. The van der Waals surface area contributed by atoms with E-state index in [0.717, 1.165) is 16.7 Å². The molecule has 434 valence electrons. The highest BCUT2D eigenvalue weighted by atomic mass is 32.2. The smallest absolute Gasteiger partial charge is 0.407 e. The van der Waals surface area contributed by atoms with Crippen molar-refractivity contribution in [3.8, 4) is 0 Å². The van der Waals surface area contributed by atoms with E-state index in [2.05, 4.69) is 26.6 Å². The maximum atomic E-state index is 14.0. The number of hydrogen-bond acceptors (Lipinski definition) is 18. The van der Waals surface area contributed by atoms with Crippen LogP contribution in [0.5, 0.6) is 0 Å². The molecule has 28 heteroatoms. The van der Waals surface area contributed by atoms with Gasteiger partial charge in [-0.25, -0.2) is 9.59 Å². The first-order valence-corrected chi connectivity index (χ1v) is 27.5. The van der Waals surface area contributed by atoms with E-state index < -0.39 is 83.1 Å². The van der Waals surface area contributed by atoms with Crippen LogP contribution in [-0.2, 0) is 71.6 Å². The molecule has 4 fully saturated rings. The van der Waals surface area contributed by atoms with Crippen molar-refractivity contribution in [2.24, 2.45) is 11.7 Å². The van der Waals surface area contributed by atoms with Gasteiger partial charge >= 0.3 is 12.2 Å². The number of primary amides is 1. The van der Waals surface area contributed by atoms with E-state index in [1.165, 1.54) is 16.9 Å². The largest absolute Gasteiger partial charge is 0.447 e. The quantitative estimate of drug-likeness (QED) is 0.0312. The molecule has 7 N–H and O–H groups in total. The maximum absolute atomic E-state index is 14.0. The lowest BCUT2D eigenvalue weighted by Crippen LogP contribution is -2.57. The number of hydrogen-bond donors (Lipinski definition) is 6. The number of carbonyl (C=O) groups is 11. The van der Waals surface area contributed by atoms with Gasteiger partial charge in [0.15, 0.2) is 0 Å². The Labute approximate surface area is 453 Å². The average Bonchev–Trinajstić information content (AvgIpc) is 4.25. The second-order valence-electron chi connectivity index (χ2n) is 19.1. The van der Waals surface area contributed by atoms with E-state index in [1.54, 1.807) is 25.9 Å². The number of imide groups is 1. The zero-order valence-electron chi connectivity index (χ0n) is 44.8. The number of thioether (sulfide) groups is 1. The van der Waals surface area contributed by atoms with Gasteiger partial charge in [-0.2, -0.15) is 0 Å². The van der Waals surface area contributed by atoms with E-state index >= 15 is 0 Å². The molecule has 0 aliphatic carbocycles. The van der Waals surface area contributed by atoms with E-state index in [9.17, 15) is 52.7 Å². The van der Waals surface area contributed by atoms with Crippen LogP contribution in [0.1, 0.15) is 84.5 Å². The van der Waals surface area contributed by atoms with Crippen molar-refractivity contribution in [2.75, 3.05) is 119 Å². The standard InChI is InChI=1S/C49H80N10O17S/c1-32(2)44(65)57-19-8-12-36(57)46(67)58-20-9-13-37(58)45(66)56-18-7-11-35(56)43(64)54-34(41(50)62)31-77-38-30-40(61)59(47(38)68)21-14-39(60)51-16-17-52-42(63)33(55-49(70)76-29-27-74-25-23-72-4)10-5-6-15-53-48(69)75-28-26-73-24-22-71-3/h32-38H,5-31H2,1-4H3,(H2,50,62)(H,51,60)(H,52,63)(H,53,69)(H,54,64)(H,55,70). The Morgan fingerprint density at radius 2 is 1.21 bits per heavy atom. The Morgan fingerprint density at radius 1 is 0.649 bits per heavy atom. The van der Waals surface area contributed by atoms with Crippen molar-refractivity contribution in [1.82, 2.24) is 46.2 Å². The molecule has 4 aliphatic heterocycles. The van der Waals surface area contributed by atoms with Crippen LogP contribution in [0, 0.1) is 5.92 Å². The molecule has 77 heavy (non-hydrogen) atoms. The average molecular weight is 1110 g/mol. The lowest BCUT2D eigenvalue weighted by molar-refractivity contribution is -0.151. The number of carbonyl (C=O) groups excluding carboxylic acids is 11. The van der Waals surface area contributed by atoms with Gasteiger partial charge in [0.25, 0.3) is 0 Å². The van der Waals surface area contributed by atoms with Crippen LogP contribution < -0.4 is 32.3 Å². The highest BCUT2D eigenvalue weighted by Crippen LogP contribution is 2.30. The highest BCUT2D eigenvalue weighted by Gasteiger charge is 2.46. The summed E-state index contributed by atoms with van der Waals surface area (Å²) in [5.74, 6) is -4.92. The molecule has 6 unspecified atom stereocenters. The fourth-order valence-corrected chi connectivity index (χ4v) is 10.3. The predicted octanol–water partition coefficient (Wildman–Crippen LogP) is -1.61. The number of methoxy groups -OCH3 is 2. The molecule has 4 saturated heterocycles. The van der Waals surface area contributed by atoms with Crippen LogP contribution in [0.4, 0.5) is 9.59 Å². The number of nitrogens with two attached hydrogens (primary N) is 1. The third-order valence-electron chi connectivity index (χ3n) is 13.2. The number of likely N-dealkylation sites (tertiary alicyclic amines) is 4. The molecule has 6 atom stereocenters. The summed E-state index contributed by atoms with van der Waals surface area (Å²) in [6, 6.07) is -4.67. The fourth-order valence-electron chi connectivity index (χ4n) is 9.14. The minimum Gasteiger partial charge on any atom is -0.447 e. The van der Waals surface area contributed by atoms with Gasteiger partial charge in [0.1, 0.15) is 43.4 Å². The zero-order valence-corrected chi connectivity index (χ0v) is 45.7. The third kappa shape index (κ3) is 20.8. The monoisotopic (exact) mass is 1110 g/mol. The van der Waals surface area contributed by atoms with Gasteiger partial charge in [0, 0.05) is 84.5 Å². The maximum Gasteiger partial charge on any atom is 0.407 e. The van der Waals surface area contributed by atoms with Crippen molar-refractivity contribution < 1.29 is 81.2 Å². The predicted molar refractivity (Wildman–Crippen MR) is 275 cm³/mol. The molecule has 0 saturated carbocycles. The summed E-state index contributed by atoms with van der Waals surface area (Å²) < 4.78 is 30.5. The molecule has 0 bridgehead atoms. The van der Waals surface area contributed by atoms with Gasteiger partial charge in [-0.3, -0.25) is 48.1 Å². The van der Waals surface area contributed by atoms with Crippen LogP contribution >= 0.6 is 11.8 Å². The van der Waals surface area contributed by atoms with Crippen molar-refractivity contribution in [3.63, 3.8) is 0 Å². The third-order valence-corrected chi connectivity index (χ3v) is 14.5. The van der Waals surface area contributed by atoms with Gasteiger partial charge in [-0.1, -0.05) is 13.8 Å². The number of ether oxygens (including phenoxy) is 6. The molecule has 4 rings (SSSR count). The van der Waals surface area contributed by atoms with Crippen LogP contribution in [0.25, 0.3) is 0 Å². The zero-order chi connectivity index (χ0) is 56.3. The first-order valence-electron chi connectivity index (χ1n) is 26.5. The summed E-state index contributed by atoms with van der Waals surface area (Å²) in [7, 11) is 3.07. The number of rotatable bonds is 34. The summed E-state index contributed by atoms with van der Waals surface area (Å²) in [5, 5.41) is 12.1. The summed E-state index contributed by atoms with van der Waals surface area (Å²) in [6.45, 7) is 6.32. The topological polar surface area (TPSA) is 342 Å². The molecular weight excluding hydrogens is 1030 g/mol. The summed E-state index contributed by atoms with van der Waals surface area (Å²) >= 11 is 0.954. The van der Waals surface area contributed by atoms with Gasteiger partial charge in [-0.05, 0) is 57.8 Å². The normalized spacial score (nSPS) is 20.0. The number of amides is 11. The number of alkyl carbamates (subject to hydrolysis) is 2. The minimum absolute atomic E-state index is 0.0307. The van der Waals surface area contributed by atoms with Gasteiger partial charge < -0.3 is 75.4 Å². The van der Waals surface area contributed by atoms with Crippen LogP contribution in [0.15, 0.2) is 0 Å². The second kappa shape index (κ2) is 34.1. The second-order valence-corrected chi connectivity index (χ2v) is 20.3. The van der Waals surface area contributed by atoms with Crippen LogP contribution in [-0.4, -0.2) is 239 Å². The number of nitrogens with zero attached hydrogens (tertiary/aromatic N) is 4. The SMILES string of the molecule is COCCOCCOC(=O)NCCCCC(NC(=O)OCCOCCOC)C(=O)NCCNC(=O)CCN1C(=O)CC(SCC(NC(=O)C2CCCN2C(=O)C2CCCN2C(=O)C2CCCN2C(=O)C(C)C)C(N)=O)C1=O. The molecule has 27 nitrogen and oxygen atoms in total. The van der Waals surface area contributed by atoms with E-state index in [1.807, 2.05) is 0 Å². The van der Waals surface area contributed by atoms with E-state index in [0.29, 0.717) is 90.9 Å². The molecule has 4 heterocycles. The Hall–Kier alpha value is -5.84. The molecule has 0 aromatic carbocycles. The number of unbranched alkanes of at least 4 members (excludes halogenated alkanes) is 1. The van der Waals surface area contributed by atoms with Crippen molar-refractivity contribution in [1.29, 1.82) is 0 Å². The van der Waals surface area contributed by atoms with Gasteiger partial charge in [0.2, 0.25) is 53.2 Å². The Kier molecular flexibility index (Phi) is 28.2. The molecule has 11 amide bonds. The van der Waals surface area contributed by atoms with E-state index in [4.69, 9.17) is 34.2 Å². The molecule has 0 aromatic rings. The van der Waals surface area contributed by atoms with Gasteiger partial charge in [-0.15, -0.1) is 11.8 Å². The molecule has 0 radical (unpaired) electrons. The Balaban J connectivity index is 1.19. The molecule has 4 aliphatic rings. The molecular formula is C49H80N10O17S. The minimum atomic E-state index is -1.26. The lowest BCUT2D eigenvalue weighted by atomic mass is 10.1. The van der Waals surface area contributed by atoms with Crippen molar-refractivity contribution >= 4 is 77.1 Å². The first-order chi connectivity index (χ1) is 37.0. The van der Waals surface area contributed by atoms with Crippen LogP contribution in [0.2, 0.25) is 0 Å².